The van der Waals surface area contributed by atoms with Crippen LogP contribution in [0.5, 0.6) is 0 Å². The van der Waals surface area contributed by atoms with Gasteiger partial charge >= 0.3 is 5.92 Å². The van der Waals surface area contributed by atoms with Crippen LogP contribution in [0.25, 0.3) is 0 Å². The molecule has 1 aliphatic rings. The first-order valence-corrected chi connectivity index (χ1v) is 6.05. The van der Waals surface area contributed by atoms with E-state index in [1.165, 1.54) is 13.0 Å². The smallest absolute Gasteiger partial charge is 0.321 e. The van der Waals surface area contributed by atoms with E-state index in [4.69, 9.17) is 4.74 Å². The molecule has 2 nitrogen and oxygen atoms in total. The third-order valence-electron chi connectivity index (χ3n) is 2.27. The second-order valence-electron chi connectivity index (χ2n) is 3.56. The molecule has 0 aromatic rings. The largest absolute Gasteiger partial charge is 0.360 e. The predicted molar refractivity (Wildman–Crippen MR) is 60.5 cm³/mol. The summed E-state index contributed by atoms with van der Waals surface area (Å²) in [5, 5.41) is 9.83. The zero-order valence-corrected chi connectivity index (χ0v) is 11.5. The minimum atomic E-state index is -3.37. The first-order chi connectivity index (χ1) is 6.65. The Morgan fingerprint density at radius 2 is 2.07 bits per heavy atom. The molecule has 0 bridgehead atoms. The van der Waals surface area contributed by atoms with E-state index in [0.717, 1.165) is 0 Å². The zero-order valence-electron chi connectivity index (χ0n) is 8.36. The molecule has 1 rings (SSSR count). The molecular weight excluding hydrogens is 338 g/mol. The van der Waals surface area contributed by atoms with E-state index in [1.807, 2.05) is 0 Å². The van der Waals surface area contributed by atoms with Crippen molar-refractivity contribution in [3.63, 3.8) is 0 Å². The molecule has 0 aromatic heterocycles. The molecule has 6 heteroatoms. The molecule has 0 radical (unpaired) electrons. The Labute approximate surface area is 104 Å². The Morgan fingerprint density at radius 3 is 2.53 bits per heavy atom. The van der Waals surface area contributed by atoms with E-state index in [0.29, 0.717) is 0 Å². The fourth-order valence-corrected chi connectivity index (χ4v) is 3.02. The molecule has 0 fully saturated rings. The van der Waals surface area contributed by atoms with Gasteiger partial charge in [-0.1, -0.05) is 37.9 Å². The van der Waals surface area contributed by atoms with Crippen molar-refractivity contribution < 1.29 is 18.6 Å². The number of hydrogen-bond donors (Lipinski definition) is 1. The van der Waals surface area contributed by atoms with Gasteiger partial charge in [0.2, 0.25) is 5.79 Å². The van der Waals surface area contributed by atoms with Crippen molar-refractivity contribution in [3.05, 3.63) is 11.6 Å². The summed E-state index contributed by atoms with van der Waals surface area (Å²) < 4.78 is 31.3. The number of ether oxygens (including phenoxy) is 1. The van der Waals surface area contributed by atoms with Crippen LogP contribution < -0.4 is 0 Å². The summed E-state index contributed by atoms with van der Waals surface area (Å²) in [6.07, 6.45) is 1.07. The highest BCUT2D eigenvalue weighted by atomic mass is 79.9. The number of aliphatic hydroxyl groups is 1. The molecule has 1 aliphatic carbocycles. The van der Waals surface area contributed by atoms with Gasteiger partial charge in [-0.25, -0.2) is 0 Å². The Morgan fingerprint density at radius 1 is 1.53 bits per heavy atom. The maximum Gasteiger partial charge on any atom is 0.321 e. The highest BCUT2D eigenvalue weighted by Gasteiger charge is 2.60. The van der Waals surface area contributed by atoms with Crippen molar-refractivity contribution in [2.75, 3.05) is 6.61 Å². The molecule has 1 N–H and O–H groups in total. The Kier molecular flexibility index (Phi) is 3.66. The standard InChI is InChI=1S/C9H12Br2F2O2/c1-3-15-8(14)5-7(10,11)4-6(2)9(8,12)13/h4,14H,3,5H2,1-2H3. The SMILES string of the molecule is CCOC1(O)CC(Br)(Br)C=C(C)C1(F)F. The number of hydrogen-bond acceptors (Lipinski definition) is 2. The van der Waals surface area contributed by atoms with Gasteiger partial charge in [0.1, 0.15) is 3.23 Å². The van der Waals surface area contributed by atoms with Crippen molar-refractivity contribution >= 4 is 31.9 Å². The van der Waals surface area contributed by atoms with Gasteiger partial charge in [0.15, 0.2) is 0 Å². The minimum Gasteiger partial charge on any atom is -0.360 e. The summed E-state index contributed by atoms with van der Waals surface area (Å²) >= 11 is 6.39. The molecule has 0 spiro atoms. The molecule has 88 valence electrons. The lowest BCUT2D eigenvalue weighted by Gasteiger charge is -2.42. The topological polar surface area (TPSA) is 29.5 Å². The minimum absolute atomic E-state index is 0.0233. The summed E-state index contributed by atoms with van der Waals surface area (Å²) in [4.78, 5) is 0. The van der Waals surface area contributed by atoms with Crippen LogP contribution in [0.4, 0.5) is 8.78 Å². The molecule has 0 aliphatic heterocycles. The average Bonchev–Trinajstić information content (AvgIpc) is 1.99. The van der Waals surface area contributed by atoms with Gasteiger partial charge in [0.25, 0.3) is 0 Å². The number of halogens is 4. The molecule has 15 heavy (non-hydrogen) atoms. The first kappa shape index (κ1) is 13.5. The third-order valence-corrected chi connectivity index (χ3v) is 3.29. The van der Waals surface area contributed by atoms with Crippen LogP contribution in [0.3, 0.4) is 0 Å². The fraction of sp³-hybridized carbons (Fsp3) is 0.778. The van der Waals surface area contributed by atoms with E-state index in [9.17, 15) is 13.9 Å². The number of alkyl halides is 4. The Bertz CT molecular complexity index is 292. The fourth-order valence-electron chi connectivity index (χ4n) is 1.58. The molecule has 0 aromatic carbocycles. The van der Waals surface area contributed by atoms with Gasteiger partial charge in [0, 0.05) is 13.0 Å². The summed E-state index contributed by atoms with van der Waals surface area (Å²) in [7, 11) is 0. The molecule has 0 heterocycles. The van der Waals surface area contributed by atoms with E-state index in [1.54, 1.807) is 6.92 Å². The zero-order chi connectivity index (χ0) is 11.9. The van der Waals surface area contributed by atoms with Crippen molar-refractivity contribution in [2.24, 2.45) is 0 Å². The van der Waals surface area contributed by atoms with Gasteiger partial charge < -0.3 is 9.84 Å². The quantitative estimate of drug-likeness (QED) is 0.471. The van der Waals surface area contributed by atoms with Crippen LogP contribution in [0.1, 0.15) is 20.3 Å². The van der Waals surface area contributed by atoms with Crippen molar-refractivity contribution in [1.82, 2.24) is 0 Å². The molecular formula is C9H12Br2F2O2. The van der Waals surface area contributed by atoms with E-state index in [2.05, 4.69) is 31.9 Å². The highest BCUT2D eigenvalue weighted by Crippen LogP contribution is 2.51. The first-order valence-electron chi connectivity index (χ1n) is 4.46. The van der Waals surface area contributed by atoms with Crippen LogP contribution in [0, 0.1) is 0 Å². The van der Waals surface area contributed by atoms with E-state index >= 15 is 0 Å². The van der Waals surface area contributed by atoms with Crippen LogP contribution >= 0.6 is 31.9 Å². The van der Waals surface area contributed by atoms with E-state index < -0.39 is 14.9 Å². The van der Waals surface area contributed by atoms with Crippen LogP contribution in [0.15, 0.2) is 11.6 Å². The van der Waals surface area contributed by atoms with Crippen LogP contribution in [-0.4, -0.2) is 26.7 Å². The second-order valence-corrected chi connectivity index (χ2v) is 7.45. The monoisotopic (exact) mass is 348 g/mol. The van der Waals surface area contributed by atoms with Gasteiger partial charge in [-0.15, -0.1) is 0 Å². The second kappa shape index (κ2) is 4.05. The lowest BCUT2D eigenvalue weighted by Crippen LogP contribution is -2.56. The van der Waals surface area contributed by atoms with Crippen molar-refractivity contribution in [1.29, 1.82) is 0 Å². The van der Waals surface area contributed by atoms with Gasteiger partial charge in [-0.2, -0.15) is 8.78 Å². The van der Waals surface area contributed by atoms with Crippen molar-refractivity contribution in [3.8, 4) is 0 Å². The Balaban J connectivity index is 3.15. The lowest BCUT2D eigenvalue weighted by atomic mass is 9.90. The maximum absolute atomic E-state index is 13.7. The third kappa shape index (κ3) is 2.43. The molecule has 0 saturated heterocycles. The summed E-state index contributed by atoms with van der Waals surface area (Å²) in [6, 6.07) is 0. The number of allylic oxidation sites excluding steroid dienone is 1. The van der Waals surface area contributed by atoms with Gasteiger partial charge in [-0.3, -0.25) is 0 Å². The van der Waals surface area contributed by atoms with Crippen LogP contribution in [0.2, 0.25) is 0 Å². The summed E-state index contributed by atoms with van der Waals surface area (Å²) in [6.45, 7) is 2.85. The lowest BCUT2D eigenvalue weighted by molar-refractivity contribution is -0.308. The Hall–Kier alpha value is 0.480. The van der Waals surface area contributed by atoms with Crippen LogP contribution in [-0.2, 0) is 4.74 Å². The van der Waals surface area contributed by atoms with Gasteiger partial charge in [0.05, 0.1) is 0 Å². The van der Waals surface area contributed by atoms with Gasteiger partial charge in [-0.05, 0) is 19.4 Å². The molecule has 1 atom stereocenters. The molecule has 0 amide bonds. The summed E-state index contributed by atoms with van der Waals surface area (Å²) in [5.41, 5.74) is -0.224. The highest BCUT2D eigenvalue weighted by molar-refractivity contribution is 9.25. The average molecular weight is 350 g/mol. The maximum atomic E-state index is 13.7. The normalized spacial score (nSPS) is 33.7. The number of rotatable bonds is 2. The summed E-state index contributed by atoms with van der Waals surface area (Å²) in [5.74, 6) is -5.83. The molecule has 1 unspecified atom stereocenters. The van der Waals surface area contributed by atoms with Crippen molar-refractivity contribution in [2.45, 2.75) is 35.2 Å². The van der Waals surface area contributed by atoms with E-state index in [-0.39, 0.29) is 18.6 Å². The predicted octanol–water partition coefficient (Wildman–Crippen LogP) is 3.18. The molecule has 0 saturated carbocycles.